The molecule has 3 N–H and O–H groups in total. The van der Waals surface area contributed by atoms with Gasteiger partial charge in [0.25, 0.3) is 0 Å². The molecule has 2 amide bonds. The zero-order valence-corrected chi connectivity index (χ0v) is 12.3. The first-order valence-corrected chi connectivity index (χ1v) is 7.17. The van der Waals surface area contributed by atoms with Crippen LogP contribution in [0, 0.1) is 13.8 Å². The number of unbranched alkanes of at least 4 members (excludes halogenated alkanes) is 2. The van der Waals surface area contributed by atoms with E-state index < -0.39 is 5.97 Å². The molecular formula is C13H20N2O3S. The lowest BCUT2D eigenvalue weighted by Crippen LogP contribution is -2.29. The zero-order chi connectivity index (χ0) is 14.4. The van der Waals surface area contributed by atoms with Crippen molar-refractivity contribution in [1.29, 1.82) is 0 Å². The van der Waals surface area contributed by atoms with E-state index in [1.807, 2.05) is 6.92 Å². The number of carboxylic acid groups (broad SMARTS) is 1. The van der Waals surface area contributed by atoms with Crippen LogP contribution in [-0.2, 0) is 0 Å². The van der Waals surface area contributed by atoms with Crippen LogP contribution in [0.4, 0.5) is 9.80 Å². The van der Waals surface area contributed by atoms with Crippen LogP contribution in [0.25, 0.3) is 0 Å². The molecule has 0 spiro atoms. The highest BCUT2D eigenvalue weighted by atomic mass is 32.1. The largest absolute Gasteiger partial charge is 0.478 e. The molecule has 0 atom stereocenters. The third kappa shape index (κ3) is 4.24. The molecule has 0 bridgehead atoms. The summed E-state index contributed by atoms with van der Waals surface area (Å²) in [5.41, 5.74) is 0.894. The van der Waals surface area contributed by atoms with Gasteiger partial charge in [0, 0.05) is 11.4 Å². The Bertz CT molecular complexity index is 469. The predicted molar refractivity (Wildman–Crippen MR) is 77.3 cm³/mol. The normalized spacial score (nSPS) is 10.3. The van der Waals surface area contributed by atoms with Gasteiger partial charge in [0.05, 0.1) is 5.56 Å². The van der Waals surface area contributed by atoms with Crippen LogP contribution in [0.3, 0.4) is 0 Å². The van der Waals surface area contributed by atoms with E-state index in [9.17, 15) is 9.59 Å². The first-order chi connectivity index (χ1) is 8.97. The summed E-state index contributed by atoms with van der Waals surface area (Å²) in [4.78, 5) is 23.7. The Morgan fingerprint density at radius 1 is 1.26 bits per heavy atom. The molecule has 5 nitrogen and oxygen atoms in total. The molecule has 19 heavy (non-hydrogen) atoms. The van der Waals surface area contributed by atoms with Gasteiger partial charge in [-0.25, -0.2) is 9.59 Å². The molecule has 0 unspecified atom stereocenters. The molecule has 106 valence electrons. The number of nitrogens with one attached hydrogen (secondary N) is 2. The molecular weight excluding hydrogens is 264 g/mol. The van der Waals surface area contributed by atoms with Crippen molar-refractivity contribution in [3.05, 3.63) is 16.0 Å². The minimum atomic E-state index is -1.01. The highest BCUT2D eigenvalue weighted by Crippen LogP contribution is 2.32. The van der Waals surface area contributed by atoms with Gasteiger partial charge in [-0.2, -0.15) is 0 Å². The number of anilines is 1. The number of hydrogen-bond acceptors (Lipinski definition) is 3. The van der Waals surface area contributed by atoms with Crippen molar-refractivity contribution in [3.63, 3.8) is 0 Å². The highest BCUT2D eigenvalue weighted by molar-refractivity contribution is 7.16. The van der Waals surface area contributed by atoms with Crippen LogP contribution in [0.5, 0.6) is 0 Å². The fourth-order valence-electron chi connectivity index (χ4n) is 1.70. The second-order valence-corrected chi connectivity index (χ2v) is 5.61. The number of urea groups is 1. The monoisotopic (exact) mass is 284 g/mol. The summed E-state index contributed by atoms with van der Waals surface area (Å²) in [5, 5.41) is 14.9. The summed E-state index contributed by atoms with van der Waals surface area (Å²) in [6, 6.07) is -0.347. The quantitative estimate of drug-likeness (QED) is 0.701. The molecule has 1 heterocycles. The predicted octanol–water partition coefficient (Wildman–Crippen LogP) is 3.37. The number of rotatable bonds is 6. The van der Waals surface area contributed by atoms with Crippen molar-refractivity contribution in [2.45, 2.75) is 40.0 Å². The molecule has 1 aromatic heterocycles. The molecule has 1 aromatic rings. The number of carboxylic acids is 1. The number of thiophene rings is 1. The summed E-state index contributed by atoms with van der Waals surface area (Å²) in [7, 11) is 0. The van der Waals surface area contributed by atoms with Gasteiger partial charge in [0.15, 0.2) is 0 Å². The Kier molecular flexibility index (Phi) is 5.82. The molecule has 6 heteroatoms. The van der Waals surface area contributed by atoms with E-state index in [1.54, 1.807) is 6.92 Å². The van der Waals surface area contributed by atoms with Gasteiger partial charge in [0.1, 0.15) is 5.00 Å². The van der Waals surface area contributed by atoms with Crippen LogP contribution in [0.2, 0.25) is 0 Å². The number of aryl methyl sites for hydroxylation is 1. The van der Waals surface area contributed by atoms with E-state index in [4.69, 9.17) is 5.11 Å². The standard InChI is InChI=1S/C13H20N2O3S/c1-4-5-6-7-14-13(18)15-11-10(12(16)17)8(2)9(3)19-11/h4-7H2,1-3H3,(H,16,17)(H2,14,15,18). The fraction of sp³-hybridized carbons (Fsp3) is 0.538. The summed E-state index contributed by atoms with van der Waals surface area (Å²) in [6.45, 7) is 6.29. The summed E-state index contributed by atoms with van der Waals surface area (Å²) in [5.74, 6) is -1.01. The SMILES string of the molecule is CCCCCNC(=O)Nc1sc(C)c(C)c1C(=O)O. The van der Waals surface area contributed by atoms with E-state index in [0.29, 0.717) is 17.1 Å². The lowest BCUT2D eigenvalue weighted by molar-refractivity contribution is 0.0697. The van der Waals surface area contributed by atoms with E-state index in [2.05, 4.69) is 17.6 Å². The van der Waals surface area contributed by atoms with Crippen molar-refractivity contribution in [1.82, 2.24) is 5.32 Å². The Hall–Kier alpha value is -1.56. The summed E-state index contributed by atoms with van der Waals surface area (Å²) in [6.07, 6.45) is 3.09. The van der Waals surface area contributed by atoms with Gasteiger partial charge < -0.3 is 10.4 Å². The second-order valence-electron chi connectivity index (χ2n) is 4.38. The van der Waals surface area contributed by atoms with E-state index in [1.165, 1.54) is 11.3 Å². The minimum absolute atomic E-state index is 0.186. The number of carbonyl (C=O) groups excluding carboxylic acids is 1. The topological polar surface area (TPSA) is 78.4 Å². The number of carbonyl (C=O) groups is 2. The van der Waals surface area contributed by atoms with Crippen molar-refractivity contribution in [2.75, 3.05) is 11.9 Å². The molecule has 0 saturated heterocycles. The van der Waals surface area contributed by atoms with Gasteiger partial charge in [0.2, 0.25) is 0 Å². The summed E-state index contributed by atoms with van der Waals surface area (Å²) >= 11 is 1.29. The second kappa shape index (κ2) is 7.13. The van der Waals surface area contributed by atoms with Crippen LogP contribution in [0.1, 0.15) is 47.0 Å². The Morgan fingerprint density at radius 3 is 2.53 bits per heavy atom. The smallest absolute Gasteiger partial charge is 0.338 e. The van der Waals surface area contributed by atoms with E-state index >= 15 is 0 Å². The minimum Gasteiger partial charge on any atom is -0.478 e. The zero-order valence-electron chi connectivity index (χ0n) is 11.5. The van der Waals surface area contributed by atoms with Crippen LogP contribution >= 0.6 is 11.3 Å². The number of hydrogen-bond donors (Lipinski definition) is 3. The van der Waals surface area contributed by atoms with Crippen molar-refractivity contribution in [3.8, 4) is 0 Å². The van der Waals surface area contributed by atoms with Crippen LogP contribution < -0.4 is 10.6 Å². The molecule has 1 rings (SSSR count). The van der Waals surface area contributed by atoms with Gasteiger partial charge >= 0.3 is 12.0 Å². The molecule has 0 aromatic carbocycles. The maximum atomic E-state index is 11.7. The Balaban J connectivity index is 2.64. The maximum absolute atomic E-state index is 11.7. The molecule has 0 fully saturated rings. The van der Waals surface area contributed by atoms with Gasteiger partial charge in [-0.3, -0.25) is 5.32 Å². The van der Waals surface area contributed by atoms with E-state index in [-0.39, 0.29) is 11.6 Å². The van der Waals surface area contributed by atoms with Crippen molar-refractivity contribution in [2.24, 2.45) is 0 Å². The summed E-state index contributed by atoms with van der Waals surface area (Å²) < 4.78 is 0. The van der Waals surface area contributed by atoms with Gasteiger partial charge in [-0.15, -0.1) is 11.3 Å². The van der Waals surface area contributed by atoms with Crippen molar-refractivity contribution >= 4 is 28.3 Å². The lowest BCUT2D eigenvalue weighted by Gasteiger charge is -2.06. The third-order valence-corrected chi connectivity index (χ3v) is 4.01. The Morgan fingerprint density at radius 2 is 1.95 bits per heavy atom. The number of aromatic carboxylic acids is 1. The average Bonchev–Trinajstić information content (AvgIpc) is 2.60. The van der Waals surface area contributed by atoms with Gasteiger partial charge in [-0.1, -0.05) is 19.8 Å². The molecule has 0 radical (unpaired) electrons. The molecule has 0 aliphatic carbocycles. The first-order valence-electron chi connectivity index (χ1n) is 6.35. The lowest BCUT2D eigenvalue weighted by atomic mass is 10.1. The molecule has 0 saturated carbocycles. The first kappa shape index (κ1) is 15.5. The van der Waals surface area contributed by atoms with E-state index in [0.717, 1.165) is 24.1 Å². The van der Waals surface area contributed by atoms with Crippen LogP contribution in [-0.4, -0.2) is 23.7 Å². The molecule has 0 aliphatic heterocycles. The fourth-order valence-corrected chi connectivity index (χ4v) is 2.74. The average molecular weight is 284 g/mol. The van der Waals surface area contributed by atoms with Crippen LogP contribution in [0.15, 0.2) is 0 Å². The third-order valence-electron chi connectivity index (χ3n) is 2.89. The number of amides is 2. The Labute approximate surface area is 117 Å². The maximum Gasteiger partial charge on any atom is 0.338 e. The highest BCUT2D eigenvalue weighted by Gasteiger charge is 2.19. The van der Waals surface area contributed by atoms with Gasteiger partial charge in [-0.05, 0) is 25.8 Å². The molecule has 0 aliphatic rings. The van der Waals surface area contributed by atoms with Crippen molar-refractivity contribution < 1.29 is 14.7 Å².